The van der Waals surface area contributed by atoms with E-state index in [1.165, 1.54) is 20.4 Å². The molecule has 0 aliphatic carbocycles. The van der Waals surface area contributed by atoms with E-state index in [2.05, 4.69) is 19.7 Å². The highest BCUT2D eigenvalue weighted by molar-refractivity contribution is 7.57. The third-order valence-electron chi connectivity index (χ3n) is 2.54. The van der Waals surface area contributed by atoms with Crippen molar-refractivity contribution in [1.82, 2.24) is 10.6 Å². The summed E-state index contributed by atoms with van der Waals surface area (Å²) in [7, 11) is -0.860. The van der Waals surface area contributed by atoms with Crippen molar-refractivity contribution in [3.63, 3.8) is 0 Å². The van der Waals surface area contributed by atoms with Gasteiger partial charge in [0.15, 0.2) is 0 Å². The normalized spacial score (nSPS) is 13.4. The highest BCUT2D eigenvalue weighted by Gasteiger charge is 2.21. The lowest BCUT2D eigenvalue weighted by Crippen LogP contribution is -2.47. The molecule has 0 aliphatic heterocycles. The molecule has 9 heteroatoms. The monoisotopic (exact) mass is 321 g/mol. The van der Waals surface area contributed by atoms with Gasteiger partial charge in [-0.15, -0.1) is 0 Å². The van der Waals surface area contributed by atoms with Gasteiger partial charge in [-0.05, 0) is 12.3 Å². The van der Waals surface area contributed by atoms with Crippen LogP contribution in [-0.4, -0.2) is 38.6 Å². The number of carbonyl (C=O) groups is 2. The van der Waals surface area contributed by atoms with Crippen LogP contribution in [0.3, 0.4) is 0 Å². The summed E-state index contributed by atoms with van der Waals surface area (Å²) in [5, 5.41) is 4.97. The summed E-state index contributed by atoms with van der Waals surface area (Å²) < 4.78 is 21.1. The summed E-state index contributed by atoms with van der Waals surface area (Å²) in [6, 6.07) is -0.713. The van der Waals surface area contributed by atoms with E-state index < -0.39 is 25.5 Å². The van der Waals surface area contributed by atoms with Crippen molar-refractivity contribution in [2.45, 2.75) is 26.3 Å². The van der Waals surface area contributed by atoms with Crippen LogP contribution in [0.4, 0.5) is 0 Å². The van der Waals surface area contributed by atoms with Crippen LogP contribution in [0, 0.1) is 5.92 Å². The second-order valence-electron chi connectivity index (χ2n) is 4.68. The van der Waals surface area contributed by atoms with E-state index in [1.807, 2.05) is 13.8 Å². The van der Waals surface area contributed by atoms with Crippen LogP contribution < -0.4 is 16.4 Å². The quantitative estimate of drug-likeness (QED) is 0.533. The zero-order chi connectivity index (χ0) is 16.5. The second kappa shape index (κ2) is 9.68. The molecule has 0 aromatic rings. The minimum absolute atomic E-state index is 0.194. The van der Waals surface area contributed by atoms with Crippen LogP contribution in [0.1, 0.15) is 20.3 Å². The standard InChI is InChI=1S/C12H24N3O5P/c1-9(2)7-10(15-11(16)8-13)12(17)14-5-6-21(18,19-3)20-4/h5-6,9-10H,7-8,13H2,1-4H3,(H,14,17)(H,15,16)/b6-5+. The van der Waals surface area contributed by atoms with Crippen LogP contribution in [0.5, 0.6) is 0 Å². The van der Waals surface area contributed by atoms with E-state index in [0.717, 1.165) is 5.82 Å². The van der Waals surface area contributed by atoms with Gasteiger partial charge < -0.3 is 25.4 Å². The first-order chi connectivity index (χ1) is 9.77. The van der Waals surface area contributed by atoms with Gasteiger partial charge in [-0.1, -0.05) is 13.8 Å². The summed E-state index contributed by atoms with van der Waals surface area (Å²) in [6.45, 7) is 3.66. The van der Waals surface area contributed by atoms with Gasteiger partial charge in [-0.25, -0.2) is 0 Å². The SMILES string of the molecule is COP(=O)(/C=C/NC(=O)C(CC(C)C)NC(=O)CN)OC. The number of nitrogens with one attached hydrogen (secondary N) is 2. The molecule has 0 rings (SSSR count). The Morgan fingerprint density at radius 2 is 1.86 bits per heavy atom. The van der Waals surface area contributed by atoms with E-state index in [1.54, 1.807) is 0 Å². The first-order valence-electron chi connectivity index (χ1n) is 6.46. The molecule has 0 radical (unpaired) electrons. The first kappa shape index (κ1) is 19.8. The highest BCUT2D eigenvalue weighted by Crippen LogP contribution is 2.47. The Bertz CT molecular complexity index is 417. The average Bonchev–Trinajstić information content (AvgIpc) is 2.45. The third-order valence-corrected chi connectivity index (χ3v) is 4.07. The number of rotatable bonds is 9. The summed E-state index contributed by atoms with van der Waals surface area (Å²) in [5.41, 5.74) is 5.22. The predicted molar refractivity (Wildman–Crippen MR) is 79.3 cm³/mol. The molecule has 4 N–H and O–H groups in total. The molecule has 1 unspecified atom stereocenters. The maximum absolute atomic E-state index is 12.0. The summed E-state index contributed by atoms with van der Waals surface area (Å²) in [6.07, 6.45) is 1.63. The molecule has 21 heavy (non-hydrogen) atoms. The van der Waals surface area contributed by atoms with Crippen molar-refractivity contribution in [1.29, 1.82) is 0 Å². The lowest BCUT2D eigenvalue weighted by Gasteiger charge is -2.19. The smallest absolute Gasteiger partial charge is 0.343 e. The van der Waals surface area contributed by atoms with E-state index >= 15 is 0 Å². The number of carbonyl (C=O) groups excluding carboxylic acids is 2. The van der Waals surface area contributed by atoms with Crippen molar-refractivity contribution in [2.75, 3.05) is 20.8 Å². The molecule has 122 valence electrons. The molecule has 0 aromatic carbocycles. The molecule has 0 fully saturated rings. The Hall–Kier alpha value is -1.21. The molecule has 0 heterocycles. The largest absolute Gasteiger partial charge is 0.355 e. The molecular weight excluding hydrogens is 297 g/mol. The molecule has 0 aromatic heterocycles. The molecule has 0 saturated carbocycles. The Labute approximate surface area is 125 Å². The van der Waals surface area contributed by atoms with Gasteiger partial charge in [0.2, 0.25) is 11.8 Å². The number of nitrogens with two attached hydrogens (primary N) is 1. The van der Waals surface area contributed by atoms with Gasteiger partial charge in [-0.2, -0.15) is 0 Å². The van der Waals surface area contributed by atoms with Crippen LogP contribution in [0.25, 0.3) is 0 Å². The van der Waals surface area contributed by atoms with Gasteiger partial charge >= 0.3 is 7.60 Å². The van der Waals surface area contributed by atoms with Gasteiger partial charge in [0.25, 0.3) is 0 Å². The predicted octanol–water partition coefficient (Wildman–Crippen LogP) is 0.549. The Kier molecular flexibility index (Phi) is 9.12. The fraction of sp³-hybridized carbons (Fsp3) is 0.667. The third kappa shape index (κ3) is 7.96. The van der Waals surface area contributed by atoms with Gasteiger partial charge in [0.1, 0.15) is 6.04 Å². The number of hydrogen-bond donors (Lipinski definition) is 3. The molecular formula is C12H24N3O5P. The fourth-order valence-corrected chi connectivity index (χ4v) is 2.11. The topological polar surface area (TPSA) is 120 Å². The molecule has 1 atom stereocenters. The molecule has 0 aliphatic rings. The number of amides is 2. The summed E-state index contributed by atoms with van der Waals surface area (Å²) in [5.74, 6) is 0.480. The average molecular weight is 321 g/mol. The van der Waals surface area contributed by atoms with E-state index in [9.17, 15) is 14.2 Å². The fourth-order valence-electron chi connectivity index (χ4n) is 1.46. The first-order valence-corrected chi connectivity index (χ1v) is 8.07. The van der Waals surface area contributed by atoms with Crippen molar-refractivity contribution in [3.05, 3.63) is 12.0 Å². The molecule has 0 saturated heterocycles. The second-order valence-corrected chi connectivity index (χ2v) is 6.79. The maximum Gasteiger partial charge on any atom is 0.355 e. The van der Waals surface area contributed by atoms with Gasteiger partial charge in [-0.3, -0.25) is 14.2 Å². The molecule has 0 spiro atoms. The van der Waals surface area contributed by atoms with E-state index in [-0.39, 0.29) is 12.5 Å². The van der Waals surface area contributed by atoms with Crippen LogP contribution in [-0.2, 0) is 23.2 Å². The molecule has 0 bridgehead atoms. The van der Waals surface area contributed by atoms with Gasteiger partial charge in [0, 0.05) is 26.2 Å². The summed E-state index contributed by atoms with van der Waals surface area (Å²) in [4.78, 5) is 23.3. The van der Waals surface area contributed by atoms with Crippen molar-refractivity contribution < 1.29 is 23.2 Å². The van der Waals surface area contributed by atoms with Gasteiger partial charge in [0.05, 0.1) is 6.54 Å². The minimum Gasteiger partial charge on any atom is -0.343 e. The van der Waals surface area contributed by atoms with Crippen LogP contribution >= 0.6 is 7.60 Å². The lowest BCUT2D eigenvalue weighted by atomic mass is 10.0. The van der Waals surface area contributed by atoms with E-state index in [4.69, 9.17) is 5.73 Å². The maximum atomic E-state index is 12.0. The molecule has 2 amide bonds. The van der Waals surface area contributed by atoms with Crippen LogP contribution in [0.2, 0.25) is 0 Å². The summed E-state index contributed by atoms with van der Waals surface area (Å²) >= 11 is 0. The Morgan fingerprint density at radius 1 is 1.29 bits per heavy atom. The van der Waals surface area contributed by atoms with Crippen molar-refractivity contribution >= 4 is 19.4 Å². The van der Waals surface area contributed by atoms with Crippen molar-refractivity contribution in [3.8, 4) is 0 Å². The zero-order valence-corrected chi connectivity index (χ0v) is 13.7. The van der Waals surface area contributed by atoms with E-state index in [0.29, 0.717) is 6.42 Å². The number of hydrogen-bond acceptors (Lipinski definition) is 6. The Balaban J connectivity index is 4.71. The zero-order valence-electron chi connectivity index (χ0n) is 12.8. The Morgan fingerprint density at radius 3 is 2.29 bits per heavy atom. The van der Waals surface area contributed by atoms with Crippen molar-refractivity contribution in [2.24, 2.45) is 11.7 Å². The highest BCUT2D eigenvalue weighted by atomic mass is 31.2. The minimum atomic E-state index is -3.33. The van der Waals surface area contributed by atoms with Crippen LogP contribution in [0.15, 0.2) is 12.0 Å². The molecule has 8 nitrogen and oxygen atoms in total. The lowest BCUT2D eigenvalue weighted by molar-refractivity contribution is -0.128.